The van der Waals surface area contributed by atoms with E-state index >= 15 is 0 Å². The molecule has 0 saturated carbocycles. The second-order valence-corrected chi connectivity index (χ2v) is 10.2. The van der Waals surface area contributed by atoms with Crippen LogP contribution in [0.2, 0.25) is 0 Å². The first-order chi connectivity index (χ1) is 21.9. The highest BCUT2D eigenvalue weighted by molar-refractivity contribution is 6.26. The molecular weight excluding hydrogens is 645 g/mol. The van der Waals surface area contributed by atoms with Crippen molar-refractivity contribution in [1.29, 1.82) is 0 Å². The SMILES string of the molecule is CC.CC(F)(F)F.O=c1c2ccc3oc4ccc(-c5cc(C(F)(F)F)cc(C(F)(F)F)c5)cc4c4ccc(c(=O)n1CCCO)c2c34. The molecule has 4 aromatic carbocycles. The fourth-order valence-electron chi connectivity index (χ4n) is 5.19. The summed E-state index contributed by atoms with van der Waals surface area (Å²) in [5.41, 5.74) is -3.50. The third kappa shape index (κ3) is 7.22. The lowest BCUT2D eigenvalue weighted by Gasteiger charge is -2.16. The van der Waals surface area contributed by atoms with Crippen molar-refractivity contribution in [3.8, 4) is 11.1 Å². The largest absolute Gasteiger partial charge is 0.456 e. The van der Waals surface area contributed by atoms with Crippen molar-refractivity contribution in [3.63, 3.8) is 0 Å². The molecule has 1 N–H and O–H groups in total. The van der Waals surface area contributed by atoms with Crippen LogP contribution in [-0.2, 0) is 18.9 Å². The molecule has 0 aliphatic rings. The lowest BCUT2D eigenvalue weighted by Crippen LogP contribution is -2.33. The zero-order chi connectivity index (χ0) is 35.1. The molecule has 0 saturated heterocycles. The van der Waals surface area contributed by atoms with Gasteiger partial charge in [-0.25, -0.2) is 0 Å². The molecule has 2 aromatic heterocycles. The van der Waals surface area contributed by atoms with Crippen LogP contribution in [0.15, 0.2) is 74.7 Å². The van der Waals surface area contributed by atoms with Crippen LogP contribution in [-0.4, -0.2) is 22.5 Å². The Kier molecular flexibility index (Phi) is 9.68. The van der Waals surface area contributed by atoms with Crippen molar-refractivity contribution in [2.45, 2.75) is 52.3 Å². The van der Waals surface area contributed by atoms with E-state index in [0.29, 0.717) is 44.8 Å². The van der Waals surface area contributed by atoms with Gasteiger partial charge in [0.15, 0.2) is 0 Å². The average molecular weight is 672 g/mol. The first kappa shape index (κ1) is 35.3. The number of hydrogen-bond acceptors (Lipinski definition) is 4. The van der Waals surface area contributed by atoms with Gasteiger partial charge in [0.2, 0.25) is 0 Å². The summed E-state index contributed by atoms with van der Waals surface area (Å²) >= 11 is 0. The number of alkyl halides is 9. The Labute approximate surface area is 259 Å². The van der Waals surface area contributed by atoms with Gasteiger partial charge in [-0.05, 0) is 71.5 Å². The minimum atomic E-state index is -5.00. The summed E-state index contributed by atoms with van der Waals surface area (Å²) in [5, 5.41) is 11.3. The van der Waals surface area contributed by atoms with Crippen LogP contribution in [0.3, 0.4) is 0 Å². The lowest BCUT2D eigenvalue weighted by molar-refractivity contribution is -0.143. The molecule has 0 spiro atoms. The second-order valence-electron chi connectivity index (χ2n) is 10.2. The molecule has 14 heteroatoms. The summed E-state index contributed by atoms with van der Waals surface area (Å²) in [6, 6.07) is 11.9. The molecule has 0 amide bonds. The minimum Gasteiger partial charge on any atom is -0.456 e. The number of pyridine rings is 1. The molecule has 0 atom stereocenters. The van der Waals surface area contributed by atoms with Gasteiger partial charge in [0.05, 0.1) is 11.1 Å². The van der Waals surface area contributed by atoms with Crippen molar-refractivity contribution in [3.05, 3.63) is 92.5 Å². The topological polar surface area (TPSA) is 72.4 Å². The normalized spacial score (nSPS) is 12.4. The van der Waals surface area contributed by atoms with Crippen molar-refractivity contribution in [1.82, 2.24) is 4.57 Å². The predicted molar refractivity (Wildman–Crippen MR) is 161 cm³/mol. The van der Waals surface area contributed by atoms with E-state index in [1.807, 2.05) is 13.8 Å². The van der Waals surface area contributed by atoms with Crippen LogP contribution in [0.5, 0.6) is 0 Å². The highest BCUT2D eigenvalue weighted by Crippen LogP contribution is 2.41. The van der Waals surface area contributed by atoms with Crippen LogP contribution >= 0.6 is 0 Å². The van der Waals surface area contributed by atoms with Crippen molar-refractivity contribution in [2.24, 2.45) is 0 Å². The summed E-state index contributed by atoms with van der Waals surface area (Å²) in [7, 11) is 0. The van der Waals surface area contributed by atoms with Crippen LogP contribution in [0.4, 0.5) is 39.5 Å². The number of aliphatic hydroxyl groups excluding tert-OH is 1. The molecule has 0 fully saturated rings. The van der Waals surface area contributed by atoms with Crippen LogP contribution in [0.25, 0.3) is 54.6 Å². The number of aromatic nitrogens is 1. The number of aliphatic hydroxyl groups is 1. The van der Waals surface area contributed by atoms with Gasteiger partial charge in [0, 0.05) is 47.0 Å². The molecule has 0 aliphatic carbocycles. The molecule has 0 unspecified atom stereocenters. The van der Waals surface area contributed by atoms with E-state index in [0.717, 1.165) is 4.57 Å². The number of fused-ring (bicyclic) bond motifs is 2. The standard InChI is InChI=1S/C29H17F6NO4.C2H3F3.C2H6/c30-28(31,32)16-10-15(11-17(13-16)29(33,34)35)14-2-6-22-21(12-14)18-3-4-19-24-20(5-7-23(40-22)25(18)24)27(39)36(26(19)38)8-1-9-37;1-2(3,4)5;1-2/h2-7,10-13,37H,1,8-9H2;1H3;1-2H3. The highest BCUT2D eigenvalue weighted by Gasteiger charge is 2.37. The maximum atomic E-state index is 13.5. The Hall–Kier alpha value is -4.59. The third-order valence-corrected chi connectivity index (χ3v) is 7.02. The monoisotopic (exact) mass is 671 g/mol. The zero-order valence-electron chi connectivity index (χ0n) is 24.9. The first-order valence-electron chi connectivity index (χ1n) is 14.1. The van der Waals surface area contributed by atoms with E-state index in [4.69, 9.17) is 9.52 Å². The molecule has 0 aliphatic heterocycles. The molecule has 2 heterocycles. The summed E-state index contributed by atoms with van der Waals surface area (Å²) < 4.78 is 119. The number of benzene rings is 4. The Bertz CT molecular complexity index is 2100. The maximum absolute atomic E-state index is 13.5. The van der Waals surface area contributed by atoms with E-state index in [1.54, 1.807) is 12.1 Å². The zero-order valence-corrected chi connectivity index (χ0v) is 24.9. The van der Waals surface area contributed by atoms with E-state index in [9.17, 15) is 49.1 Å². The smallest absolute Gasteiger partial charge is 0.416 e. The minimum absolute atomic E-state index is 0.0260. The predicted octanol–water partition coefficient (Wildman–Crippen LogP) is 9.53. The van der Waals surface area contributed by atoms with Gasteiger partial charge in [-0.1, -0.05) is 26.0 Å². The van der Waals surface area contributed by atoms with Gasteiger partial charge in [0.25, 0.3) is 11.1 Å². The fourth-order valence-corrected chi connectivity index (χ4v) is 5.19. The third-order valence-electron chi connectivity index (χ3n) is 7.02. The van der Waals surface area contributed by atoms with E-state index in [2.05, 4.69) is 0 Å². The van der Waals surface area contributed by atoms with Gasteiger partial charge in [-0.3, -0.25) is 14.2 Å². The molecule has 5 nitrogen and oxygen atoms in total. The van der Waals surface area contributed by atoms with Gasteiger partial charge >= 0.3 is 18.5 Å². The van der Waals surface area contributed by atoms with Crippen LogP contribution < -0.4 is 11.1 Å². The van der Waals surface area contributed by atoms with Gasteiger partial charge < -0.3 is 9.52 Å². The van der Waals surface area contributed by atoms with Gasteiger partial charge in [-0.15, -0.1) is 0 Å². The number of hydrogen-bond donors (Lipinski definition) is 1. The molecule has 6 aromatic rings. The molecule has 250 valence electrons. The Morgan fingerprint density at radius 2 is 1.13 bits per heavy atom. The Balaban J connectivity index is 0.000000655. The van der Waals surface area contributed by atoms with Crippen molar-refractivity contribution in [2.75, 3.05) is 6.61 Å². The van der Waals surface area contributed by atoms with Crippen LogP contribution in [0, 0.1) is 0 Å². The van der Waals surface area contributed by atoms with Crippen molar-refractivity contribution >= 4 is 43.5 Å². The quantitative estimate of drug-likeness (QED) is 0.115. The molecule has 47 heavy (non-hydrogen) atoms. The first-order valence-corrected chi connectivity index (χ1v) is 14.1. The number of halogens is 9. The number of nitrogens with zero attached hydrogens (tertiary/aromatic N) is 1. The summed E-state index contributed by atoms with van der Waals surface area (Å²) in [5.74, 6) is 0. The Morgan fingerprint density at radius 3 is 1.64 bits per heavy atom. The van der Waals surface area contributed by atoms with Gasteiger partial charge in [0.1, 0.15) is 11.2 Å². The average Bonchev–Trinajstić information content (AvgIpc) is 2.99. The number of rotatable bonds is 4. The van der Waals surface area contributed by atoms with E-state index in [1.165, 1.54) is 30.3 Å². The van der Waals surface area contributed by atoms with E-state index < -0.39 is 40.8 Å². The maximum Gasteiger partial charge on any atom is 0.416 e. The lowest BCUT2D eigenvalue weighted by atomic mass is 9.94. The molecular formula is C33H26F9NO4. The summed E-state index contributed by atoms with van der Waals surface area (Å²) in [6.45, 7) is 4.01. The molecule has 0 bridgehead atoms. The molecule has 0 radical (unpaired) electrons. The summed E-state index contributed by atoms with van der Waals surface area (Å²) in [4.78, 5) is 26.3. The van der Waals surface area contributed by atoms with Crippen molar-refractivity contribution < 1.29 is 49.0 Å². The fraction of sp³-hybridized carbons (Fsp3) is 0.273. The summed E-state index contributed by atoms with van der Waals surface area (Å²) in [6.07, 6.45) is -13.8. The van der Waals surface area contributed by atoms with Crippen LogP contribution in [0.1, 0.15) is 38.3 Å². The van der Waals surface area contributed by atoms with Gasteiger partial charge in [-0.2, -0.15) is 39.5 Å². The highest BCUT2D eigenvalue weighted by atomic mass is 19.4. The Morgan fingerprint density at radius 1 is 0.638 bits per heavy atom. The van der Waals surface area contributed by atoms with E-state index in [-0.39, 0.29) is 54.5 Å². The molecule has 6 rings (SSSR count). The second kappa shape index (κ2) is 12.9.